The number of carbonyl (C=O) groups excluding carboxylic acids is 1. The maximum atomic E-state index is 12.2. The van der Waals surface area contributed by atoms with Gasteiger partial charge in [0.2, 0.25) is 5.91 Å². The lowest BCUT2D eigenvalue weighted by Crippen LogP contribution is -2.38. The Balaban J connectivity index is 1.89. The van der Waals surface area contributed by atoms with Crippen LogP contribution in [0.25, 0.3) is 6.08 Å². The van der Waals surface area contributed by atoms with Crippen LogP contribution in [0.15, 0.2) is 29.8 Å². The molecule has 1 aromatic carbocycles. The molecule has 0 aliphatic heterocycles. The summed E-state index contributed by atoms with van der Waals surface area (Å²) >= 11 is 0. The van der Waals surface area contributed by atoms with Crippen molar-refractivity contribution in [1.82, 2.24) is 5.32 Å². The number of nitrogens with one attached hydrogen (secondary N) is 1. The zero-order chi connectivity index (χ0) is 15.2. The highest BCUT2D eigenvalue weighted by Crippen LogP contribution is 2.23. The summed E-state index contributed by atoms with van der Waals surface area (Å²) < 4.78 is 0. The molecular formula is C18H25NO2. The molecule has 2 rings (SSSR count). The van der Waals surface area contributed by atoms with E-state index in [0.717, 1.165) is 36.8 Å². The number of hydrogen-bond donors (Lipinski definition) is 2. The van der Waals surface area contributed by atoms with Gasteiger partial charge in [0, 0.05) is 18.2 Å². The first-order valence-electron chi connectivity index (χ1n) is 7.75. The molecule has 0 aromatic heterocycles. The third kappa shape index (κ3) is 4.71. The van der Waals surface area contributed by atoms with Crippen LogP contribution in [0.1, 0.15) is 43.7 Å². The van der Waals surface area contributed by atoms with E-state index in [1.54, 1.807) is 0 Å². The van der Waals surface area contributed by atoms with Crippen molar-refractivity contribution >= 4 is 12.0 Å². The normalized spacial score (nSPS) is 22.9. The van der Waals surface area contributed by atoms with Crippen LogP contribution in [0.3, 0.4) is 0 Å². The number of amides is 1. The average molecular weight is 287 g/mol. The molecule has 1 fully saturated rings. The molecule has 1 aromatic rings. The van der Waals surface area contributed by atoms with Gasteiger partial charge in [-0.25, -0.2) is 0 Å². The fourth-order valence-electron chi connectivity index (χ4n) is 2.77. The molecule has 0 saturated heterocycles. The fraction of sp³-hybridized carbons (Fsp3) is 0.500. The van der Waals surface area contributed by atoms with Gasteiger partial charge in [0.25, 0.3) is 0 Å². The van der Waals surface area contributed by atoms with Crippen molar-refractivity contribution < 1.29 is 9.90 Å². The fourth-order valence-corrected chi connectivity index (χ4v) is 2.77. The minimum atomic E-state index is 0.0167. The molecule has 1 saturated carbocycles. The first-order chi connectivity index (χ1) is 10.1. The second-order valence-corrected chi connectivity index (χ2v) is 6.11. The van der Waals surface area contributed by atoms with Crippen LogP contribution < -0.4 is 5.32 Å². The average Bonchev–Trinajstić information content (AvgIpc) is 2.50. The van der Waals surface area contributed by atoms with Crippen molar-refractivity contribution in [2.45, 2.75) is 45.6 Å². The van der Waals surface area contributed by atoms with E-state index in [1.807, 2.05) is 37.3 Å². The van der Waals surface area contributed by atoms with Crippen LogP contribution in [0.2, 0.25) is 0 Å². The summed E-state index contributed by atoms with van der Waals surface area (Å²) in [6.45, 7) is 4.18. The Bertz CT molecular complexity index is 496. The van der Waals surface area contributed by atoms with Gasteiger partial charge < -0.3 is 10.4 Å². The van der Waals surface area contributed by atoms with Crippen LogP contribution in [0.4, 0.5) is 0 Å². The van der Waals surface area contributed by atoms with Gasteiger partial charge in [-0.05, 0) is 57.1 Å². The zero-order valence-electron chi connectivity index (χ0n) is 12.9. The number of hydrogen-bond acceptors (Lipinski definition) is 2. The van der Waals surface area contributed by atoms with E-state index >= 15 is 0 Å². The van der Waals surface area contributed by atoms with Crippen molar-refractivity contribution in [3.8, 4) is 0 Å². The van der Waals surface area contributed by atoms with E-state index < -0.39 is 0 Å². The standard InChI is InChI=1S/C18H25NO2/c1-13-3-5-15(6-4-13)11-14(2)18(21)19-17-9-7-16(12-20)8-10-17/h3-6,11,16-17,20H,7-10,12H2,1-2H3,(H,19,21)/b14-11-. The highest BCUT2D eigenvalue weighted by molar-refractivity contribution is 5.97. The lowest BCUT2D eigenvalue weighted by Gasteiger charge is -2.28. The number of aryl methyl sites for hydroxylation is 1. The Morgan fingerprint density at radius 3 is 2.43 bits per heavy atom. The molecule has 114 valence electrons. The number of aliphatic hydroxyl groups excluding tert-OH is 1. The van der Waals surface area contributed by atoms with Gasteiger partial charge in [-0.2, -0.15) is 0 Å². The summed E-state index contributed by atoms with van der Waals surface area (Å²) in [4.78, 5) is 12.2. The van der Waals surface area contributed by atoms with Crippen molar-refractivity contribution in [2.75, 3.05) is 6.61 Å². The van der Waals surface area contributed by atoms with Crippen LogP contribution >= 0.6 is 0 Å². The first kappa shape index (κ1) is 15.8. The highest BCUT2D eigenvalue weighted by atomic mass is 16.3. The first-order valence-corrected chi connectivity index (χ1v) is 7.75. The summed E-state index contributed by atoms with van der Waals surface area (Å²) in [5.74, 6) is 0.436. The van der Waals surface area contributed by atoms with Crippen LogP contribution in [0.5, 0.6) is 0 Å². The van der Waals surface area contributed by atoms with E-state index in [2.05, 4.69) is 12.2 Å². The Kier molecular flexibility index (Phi) is 5.57. The maximum Gasteiger partial charge on any atom is 0.247 e. The van der Waals surface area contributed by atoms with Crippen LogP contribution in [-0.2, 0) is 4.79 Å². The van der Waals surface area contributed by atoms with E-state index in [9.17, 15) is 4.79 Å². The quantitative estimate of drug-likeness (QED) is 0.836. The van der Waals surface area contributed by atoms with Gasteiger partial charge in [0.15, 0.2) is 0 Å². The minimum Gasteiger partial charge on any atom is -0.396 e. The highest BCUT2D eigenvalue weighted by Gasteiger charge is 2.22. The molecule has 0 heterocycles. The molecule has 21 heavy (non-hydrogen) atoms. The lowest BCUT2D eigenvalue weighted by molar-refractivity contribution is -0.118. The molecule has 0 bridgehead atoms. The van der Waals surface area contributed by atoms with E-state index in [0.29, 0.717) is 5.92 Å². The molecule has 0 radical (unpaired) electrons. The summed E-state index contributed by atoms with van der Waals surface area (Å²) in [7, 11) is 0. The predicted molar refractivity (Wildman–Crippen MR) is 85.8 cm³/mol. The van der Waals surface area contributed by atoms with E-state index in [1.165, 1.54) is 5.56 Å². The van der Waals surface area contributed by atoms with Crippen LogP contribution in [-0.4, -0.2) is 23.7 Å². The molecular weight excluding hydrogens is 262 g/mol. The number of rotatable bonds is 4. The Labute approximate surface area is 127 Å². The summed E-state index contributed by atoms with van der Waals surface area (Å²) in [6.07, 6.45) is 5.86. The zero-order valence-corrected chi connectivity index (χ0v) is 12.9. The monoisotopic (exact) mass is 287 g/mol. The van der Waals surface area contributed by atoms with E-state index in [4.69, 9.17) is 5.11 Å². The maximum absolute atomic E-state index is 12.2. The van der Waals surface area contributed by atoms with Gasteiger partial charge in [-0.15, -0.1) is 0 Å². The molecule has 1 amide bonds. The molecule has 0 atom stereocenters. The minimum absolute atomic E-state index is 0.0167. The Morgan fingerprint density at radius 2 is 1.86 bits per heavy atom. The lowest BCUT2D eigenvalue weighted by atomic mass is 9.86. The van der Waals surface area contributed by atoms with Crippen molar-refractivity contribution in [1.29, 1.82) is 0 Å². The third-order valence-corrected chi connectivity index (χ3v) is 4.26. The molecule has 1 aliphatic rings. The molecule has 0 unspecified atom stereocenters. The van der Waals surface area contributed by atoms with Gasteiger partial charge >= 0.3 is 0 Å². The number of benzene rings is 1. The largest absolute Gasteiger partial charge is 0.396 e. The Morgan fingerprint density at radius 1 is 1.24 bits per heavy atom. The van der Waals surface area contributed by atoms with Gasteiger partial charge in [0.1, 0.15) is 0 Å². The second-order valence-electron chi connectivity index (χ2n) is 6.11. The summed E-state index contributed by atoms with van der Waals surface area (Å²) in [5.41, 5.74) is 3.01. The van der Waals surface area contributed by atoms with E-state index in [-0.39, 0.29) is 18.6 Å². The van der Waals surface area contributed by atoms with Gasteiger partial charge in [0.05, 0.1) is 0 Å². The molecule has 1 aliphatic carbocycles. The molecule has 0 spiro atoms. The van der Waals surface area contributed by atoms with Crippen LogP contribution in [0, 0.1) is 12.8 Å². The van der Waals surface area contributed by atoms with Crippen molar-refractivity contribution in [3.63, 3.8) is 0 Å². The van der Waals surface area contributed by atoms with Gasteiger partial charge in [-0.3, -0.25) is 4.79 Å². The second kappa shape index (κ2) is 7.41. The summed E-state index contributed by atoms with van der Waals surface area (Å²) in [6, 6.07) is 8.40. The SMILES string of the molecule is C/C(=C/c1ccc(C)cc1)C(=O)NC1CCC(CO)CC1. The smallest absolute Gasteiger partial charge is 0.247 e. The molecule has 3 heteroatoms. The van der Waals surface area contributed by atoms with Crippen molar-refractivity contribution in [2.24, 2.45) is 5.92 Å². The molecule has 2 N–H and O–H groups in total. The van der Waals surface area contributed by atoms with Gasteiger partial charge in [-0.1, -0.05) is 29.8 Å². The third-order valence-electron chi connectivity index (χ3n) is 4.26. The number of carbonyl (C=O) groups is 1. The summed E-state index contributed by atoms with van der Waals surface area (Å²) in [5, 5.41) is 12.2. The van der Waals surface area contributed by atoms with Crippen molar-refractivity contribution in [3.05, 3.63) is 41.0 Å². The Hall–Kier alpha value is -1.61. The molecule has 3 nitrogen and oxygen atoms in total. The number of aliphatic hydroxyl groups is 1. The topological polar surface area (TPSA) is 49.3 Å². The predicted octanol–water partition coefficient (Wildman–Crippen LogP) is 3.07.